The summed E-state index contributed by atoms with van der Waals surface area (Å²) in [5, 5.41) is 79.6. The van der Waals surface area contributed by atoms with Gasteiger partial charge in [0.15, 0.2) is 0 Å². The molecule has 18 nitrogen and oxygen atoms in total. The van der Waals surface area contributed by atoms with Crippen molar-refractivity contribution in [1.29, 1.82) is 0 Å². The summed E-state index contributed by atoms with van der Waals surface area (Å²) in [5.74, 6) is -3.46. The van der Waals surface area contributed by atoms with E-state index in [4.69, 9.17) is 4.74 Å². The van der Waals surface area contributed by atoms with Crippen LogP contribution in [0.5, 0.6) is 0 Å². The van der Waals surface area contributed by atoms with Gasteiger partial charge in [0.25, 0.3) is 0 Å². The summed E-state index contributed by atoms with van der Waals surface area (Å²) in [4.78, 5) is 47.2. The first-order chi connectivity index (χ1) is 23.7. The average Bonchev–Trinajstić information content (AvgIpc) is 3.09. The van der Waals surface area contributed by atoms with Crippen molar-refractivity contribution in [3.8, 4) is 0 Å². The third-order valence-electron chi connectivity index (χ3n) is 8.25. The van der Waals surface area contributed by atoms with Gasteiger partial charge in [0.2, 0.25) is 29.4 Å². The predicted molar refractivity (Wildman–Crippen MR) is 178 cm³/mol. The zero-order chi connectivity index (χ0) is 37.5. The number of unbranched alkanes of at least 4 members (excludes halogenated alkanes) is 6. The molecule has 0 aromatic heterocycles. The normalized spacial score (nSPS) is 20.2. The predicted octanol–water partition coefficient (Wildman–Crippen LogP) is -0.658. The quantitative estimate of drug-likeness (QED) is 0.0287. The molecule has 10 N–H and O–H groups in total. The molecule has 0 saturated carbocycles. The highest BCUT2D eigenvalue weighted by molar-refractivity contribution is 5.83. The number of hydrogen-bond acceptors (Lipinski definition) is 14. The number of nitrogens with zero attached hydrogens (tertiary/aromatic N) is 3. The number of hydrogen-bond donors (Lipinski definition) is 10. The number of carbonyl (C=O) groups excluding carboxylic acids is 4. The monoisotopic (exact) mass is 720 g/mol. The van der Waals surface area contributed by atoms with Crippen LogP contribution in [0.15, 0.2) is 12.3 Å². The Hall–Kier alpha value is -2.94. The van der Waals surface area contributed by atoms with Crippen LogP contribution in [0.3, 0.4) is 0 Å². The second-order valence-electron chi connectivity index (χ2n) is 12.6. The Balaban J connectivity index is 2.01. The number of ether oxygens (including phenoxy) is 1. The minimum Gasteiger partial charge on any atom is -0.388 e. The van der Waals surface area contributed by atoms with Crippen molar-refractivity contribution in [3.05, 3.63) is 12.3 Å². The molecule has 18 heteroatoms. The first-order valence-electron chi connectivity index (χ1n) is 17.4. The van der Waals surface area contributed by atoms with Crippen LogP contribution in [-0.4, -0.2) is 151 Å². The van der Waals surface area contributed by atoms with Crippen molar-refractivity contribution in [2.75, 3.05) is 52.4 Å². The molecule has 0 aromatic carbocycles. The number of allylic oxidation sites excluding steroid dienone is 1. The van der Waals surface area contributed by atoms with E-state index in [-0.39, 0.29) is 57.3 Å². The standard InChI is InChI=1S/C32H60N6O12/c1-24(12-13-27(41)34-17-8-5-10-20-37(48)25(2)39)36(47)19-9-4-7-18-35-28(42)14-15-29(43)38(49)21-11-3-6-16-33-23-32(46)31(45)30(44)26(40)22-50-32/h26,30-31,33,40,44-49H,1,3-23H2,2H3,(H,34,41)(H,35,42). The molecule has 0 radical (unpaired) electrons. The van der Waals surface area contributed by atoms with Crippen molar-refractivity contribution < 1.29 is 60.0 Å². The first kappa shape index (κ1) is 45.1. The molecule has 1 fully saturated rings. The number of amides is 4. The van der Waals surface area contributed by atoms with Crippen LogP contribution in [-0.2, 0) is 23.9 Å². The molecular weight excluding hydrogens is 660 g/mol. The van der Waals surface area contributed by atoms with Gasteiger partial charge in [-0.25, -0.2) is 10.1 Å². The Morgan fingerprint density at radius 2 is 1.22 bits per heavy atom. The van der Waals surface area contributed by atoms with Crippen molar-refractivity contribution in [2.45, 2.75) is 114 Å². The Labute approximate surface area is 293 Å². The van der Waals surface area contributed by atoms with E-state index in [1.807, 2.05) is 0 Å². The lowest BCUT2D eigenvalue weighted by Gasteiger charge is -2.41. The minimum atomic E-state index is -2.02. The number of carbonyl (C=O) groups is 4. The van der Waals surface area contributed by atoms with E-state index in [0.29, 0.717) is 99.8 Å². The summed E-state index contributed by atoms with van der Waals surface area (Å²) in [6.07, 6.45) is 1.68. The summed E-state index contributed by atoms with van der Waals surface area (Å²) in [6, 6.07) is 0. The van der Waals surface area contributed by atoms with Crippen molar-refractivity contribution in [2.24, 2.45) is 0 Å². The lowest BCUT2D eigenvalue weighted by Crippen LogP contribution is -2.64. The van der Waals surface area contributed by atoms with Gasteiger partial charge < -0.3 is 41.1 Å². The molecular formula is C32H60N6O12. The second kappa shape index (κ2) is 25.1. The van der Waals surface area contributed by atoms with Crippen LogP contribution < -0.4 is 16.0 Å². The molecule has 4 amide bonds. The van der Waals surface area contributed by atoms with E-state index in [0.717, 1.165) is 11.5 Å². The molecule has 1 aliphatic rings. The van der Waals surface area contributed by atoms with Gasteiger partial charge in [-0.2, -0.15) is 0 Å². The molecule has 0 bridgehead atoms. The van der Waals surface area contributed by atoms with Gasteiger partial charge in [-0.3, -0.25) is 39.9 Å². The Kier molecular flexibility index (Phi) is 22.6. The van der Waals surface area contributed by atoms with Gasteiger partial charge in [0.1, 0.15) is 18.3 Å². The lowest BCUT2D eigenvalue weighted by atomic mass is 9.97. The summed E-state index contributed by atoms with van der Waals surface area (Å²) in [5.41, 5.74) is 0.424. The summed E-state index contributed by atoms with van der Waals surface area (Å²) < 4.78 is 5.07. The highest BCUT2D eigenvalue weighted by Gasteiger charge is 2.48. The molecule has 1 saturated heterocycles. The molecule has 0 aliphatic carbocycles. The molecule has 290 valence electrons. The molecule has 1 rings (SSSR count). The van der Waals surface area contributed by atoms with Gasteiger partial charge in [-0.15, -0.1) is 0 Å². The molecule has 1 aliphatic heterocycles. The van der Waals surface area contributed by atoms with E-state index in [1.54, 1.807) is 0 Å². The number of hydroxylamine groups is 6. The number of rotatable bonds is 27. The highest BCUT2D eigenvalue weighted by atomic mass is 16.6. The van der Waals surface area contributed by atoms with E-state index < -0.39 is 35.9 Å². The topological polar surface area (TPSA) is 265 Å². The maximum atomic E-state index is 12.1. The molecule has 4 atom stereocenters. The van der Waals surface area contributed by atoms with Gasteiger partial charge >= 0.3 is 0 Å². The summed E-state index contributed by atoms with van der Waals surface area (Å²) in [7, 11) is 0. The van der Waals surface area contributed by atoms with Crippen LogP contribution in [0.4, 0.5) is 0 Å². The van der Waals surface area contributed by atoms with Crippen molar-refractivity contribution in [1.82, 2.24) is 31.1 Å². The molecule has 50 heavy (non-hydrogen) atoms. The van der Waals surface area contributed by atoms with Gasteiger partial charge in [0, 0.05) is 64.6 Å². The summed E-state index contributed by atoms with van der Waals surface area (Å²) in [6.45, 7) is 6.62. The zero-order valence-electron chi connectivity index (χ0n) is 29.3. The average molecular weight is 721 g/mol. The van der Waals surface area contributed by atoms with Crippen LogP contribution >= 0.6 is 0 Å². The smallest absolute Gasteiger partial charge is 0.246 e. The largest absolute Gasteiger partial charge is 0.388 e. The molecule has 0 spiro atoms. The van der Waals surface area contributed by atoms with Crippen LogP contribution in [0.25, 0.3) is 0 Å². The van der Waals surface area contributed by atoms with Crippen LogP contribution in [0.2, 0.25) is 0 Å². The molecule has 1 heterocycles. The molecule has 0 aromatic rings. The first-order valence-corrected chi connectivity index (χ1v) is 17.4. The maximum absolute atomic E-state index is 12.1. The van der Waals surface area contributed by atoms with Crippen molar-refractivity contribution in [3.63, 3.8) is 0 Å². The van der Waals surface area contributed by atoms with Gasteiger partial charge in [0.05, 0.1) is 13.2 Å². The van der Waals surface area contributed by atoms with Crippen LogP contribution in [0.1, 0.15) is 90.4 Å². The van der Waals surface area contributed by atoms with E-state index in [1.165, 1.54) is 6.92 Å². The highest BCUT2D eigenvalue weighted by Crippen LogP contribution is 2.23. The van der Waals surface area contributed by atoms with E-state index in [2.05, 4.69) is 22.5 Å². The fourth-order valence-corrected chi connectivity index (χ4v) is 4.94. The minimum absolute atomic E-state index is 0.0657. The lowest BCUT2D eigenvalue weighted by molar-refractivity contribution is -0.317. The van der Waals surface area contributed by atoms with Crippen molar-refractivity contribution >= 4 is 23.6 Å². The maximum Gasteiger partial charge on any atom is 0.246 e. The Morgan fingerprint density at radius 3 is 1.78 bits per heavy atom. The van der Waals surface area contributed by atoms with Gasteiger partial charge in [-0.05, 0) is 64.3 Å². The number of aliphatic hydroxyl groups is 4. The Bertz CT molecular complexity index is 1040. The second-order valence-corrected chi connectivity index (χ2v) is 12.6. The molecule has 4 unspecified atom stereocenters. The fraction of sp³-hybridized carbons (Fsp3) is 0.812. The number of nitrogens with one attached hydrogen (secondary N) is 3. The summed E-state index contributed by atoms with van der Waals surface area (Å²) >= 11 is 0. The van der Waals surface area contributed by atoms with E-state index in [9.17, 15) is 55.2 Å². The zero-order valence-corrected chi connectivity index (χ0v) is 29.3. The van der Waals surface area contributed by atoms with E-state index >= 15 is 0 Å². The fourth-order valence-electron chi connectivity index (χ4n) is 4.94. The SMILES string of the molecule is C=C(CCC(=O)NCCCCCN(O)C(C)=O)N(O)CCCCCNC(=O)CCC(=O)N(O)CCCCCNCC1(O)OCC(O)C(O)C1O. The van der Waals surface area contributed by atoms with Gasteiger partial charge in [-0.1, -0.05) is 13.0 Å². The van der Waals surface area contributed by atoms with Crippen LogP contribution in [0, 0.1) is 0 Å². The number of aliphatic hydroxyl groups excluding tert-OH is 3. The third-order valence-corrected chi connectivity index (χ3v) is 8.25. The third kappa shape index (κ3) is 18.9. The Morgan fingerprint density at radius 1 is 0.720 bits per heavy atom.